The van der Waals surface area contributed by atoms with Gasteiger partial charge in [-0.3, -0.25) is 9.69 Å². The highest BCUT2D eigenvalue weighted by molar-refractivity contribution is 7.99. The van der Waals surface area contributed by atoms with E-state index in [9.17, 15) is 9.90 Å². The second-order valence-corrected chi connectivity index (χ2v) is 7.94. The van der Waals surface area contributed by atoms with Crippen LogP contribution in [0.1, 0.15) is 18.6 Å². The molecule has 1 fully saturated rings. The Kier molecular flexibility index (Phi) is 6.00. The SMILES string of the molecule is CN(C)[C@@H]1CC[C@H](C(=O)O)CN(Cc2ccc(Sc3nncn3C)o2)C1. The molecule has 0 amide bonds. The molecule has 0 bridgehead atoms. The predicted molar refractivity (Wildman–Crippen MR) is 96.9 cm³/mol. The van der Waals surface area contributed by atoms with E-state index in [0.717, 1.165) is 29.0 Å². The highest BCUT2D eigenvalue weighted by Gasteiger charge is 2.29. The Hall–Kier alpha value is -1.84. The summed E-state index contributed by atoms with van der Waals surface area (Å²) in [5.74, 6) is -0.215. The number of aliphatic carboxylic acids is 1. The molecular formula is C17H25N5O3S. The molecule has 2 atom stereocenters. The quantitative estimate of drug-likeness (QED) is 0.813. The molecule has 26 heavy (non-hydrogen) atoms. The Balaban J connectivity index is 1.67. The summed E-state index contributed by atoms with van der Waals surface area (Å²) in [6, 6.07) is 4.22. The van der Waals surface area contributed by atoms with E-state index in [1.54, 1.807) is 6.33 Å². The largest absolute Gasteiger partial charge is 0.481 e. The Morgan fingerprint density at radius 3 is 2.85 bits per heavy atom. The number of carboxylic acid groups (broad SMARTS) is 1. The molecule has 0 aromatic carbocycles. The lowest BCUT2D eigenvalue weighted by atomic mass is 10.0. The normalized spacial score (nSPS) is 21.8. The van der Waals surface area contributed by atoms with E-state index in [1.165, 1.54) is 11.8 Å². The van der Waals surface area contributed by atoms with Crippen LogP contribution in [0.5, 0.6) is 0 Å². The topological polar surface area (TPSA) is 87.6 Å². The van der Waals surface area contributed by atoms with Gasteiger partial charge < -0.3 is 19.0 Å². The third kappa shape index (κ3) is 4.66. The van der Waals surface area contributed by atoms with E-state index in [4.69, 9.17) is 4.42 Å². The van der Waals surface area contributed by atoms with Crippen molar-refractivity contribution in [3.05, 3.63) is 24.2 Å². The first-order chi connectivity index (χ1) is 12.4. The van der Waals surface area contributed by atoms with Gasteiger partial charge >= 0.3 is 5.97 Å². The summed E-state index contributed by atoms with van der Waals surface area (Å²) in [6.07, 6.45) is 3.25. The van der Waals surface area contributed by atoms with Crippen LogP contribution in [0.3, 0.4) is 0 Å². The monoisotopic (exact) mass is 379 g/mol. The van der Waals surface area contributed by atoms with Crippen molar-refractivity contribution in [3.63, 3.8) is 0 Å². The van der Waals surface area contributed by atoms with E-state index in [1.807, 2.05) is 37.8 Å². The lowest BCUT2D eigenvalue weighted by molar-refractivity contribution is -0.142. The van der Waals surface area contributed by atoms with E-state index >= 15 is 0 Å². The molecule has 0 unspecified atom stereocenters. The van der Waals surface area contributed by atoms with Gasteiger partial charge in [-0.2, -0.15) is 0 Å². The Morgan fingerprint density at radius 1 is 1.38 bits per heavy atom. The number of hydrogen-bond donors (Lipinski definition) is 1. The fourth-order valence-corrected chi connectivity index (χ4v) is 3.93. The number of aryl methyl sites for hydroxylation is 1. The number of carboxylic acids is 1. The fraction of sp³-hybridized carbons (Fsp3) is 0.588. The molecule has 2 aromatic rings. The van der Waals surface area contributed by atoms with E-state index in [2.05, 4.69) is 20.0 Å². The number of hydrogen-bond acceptors (Lipinski definition) is 7. The molecule has 0 aliphatic carbocycles. The number of aromatic nitrogens is 3. The average Bonchev–Trinajstić information content (AvgIpc) is 3.11. The van der Waals surface area contributed by atoms with Crippen LogP contribution in [0.4, 0.5) is 0 Å². The van der Waals surface area contributed by atoms with Crippen LogP contribution < -0.4 is 0 Å². The Morgan fingerprint density at radius 2 is 2.19 bits per heavy atom. The van der Waals surface area contributed by atoms with Crippen molar-refractivity contribution in [3.8, 4) is 0 Å². The number of carbonyl (C=O) groups is 1. The molecule has 142 valence electrons. The van der Waals surface area contributed by atoms with Gasteiger partial charge in [0, 0.05) is 26.2 Å². The van der Waals surface area contributed by atoms with Crippen LogP contribution >= 0.6 is 11.8 Å². The van der Waals surface area contributed by atoms with Gasteiger partial charge in [-0.1, -0.05) is 0 Å². The summed E-state index contributed by atoms with van der Waals surface area (Å²) >= 11 is 1.42. The van der Waals surface area contributed by atoms with E-state index in [-0.39, 0.29) is 5.92 Å². The van der Waals surface area contributed by atoms with Gasteiger partial charge in [0.1, 0.15) is 12.1 Å². The first-order valence-corrected chi connectivity index (χ1v) is 9.46. The lowest BCUT2D eigenvalue weighted by Crippen LogP contribution is -2.39. The maximum atomic E-state index is 11.5. The van der Waals surface area contributed by atoms with Gasteiger partial charge in [-0.25, -0.2) is 0 Å². The zero-order valence-electron chi connectivity index (χ0n) is 15.3. The zero-order chi connectivity index (χ0) is 18.7. The lowest BCUT2D eigenvalue weighted by Gasteiger charge is -2.28. The number of furan rings is 1. The van der Waals surface area contributed by atoms with Crippen molar-refractivity contribution >= 4 is 17.7 Å². The van der Waals surface area contributed by atoms with Crippen LogP contribution in [-0.4, -0.2) is 68.9 Å². The molecular weight excluding hydrogens is 354 g/mol. The minimum Gasteiger partial charge on any atom is -0.481 e. The summed E-state index contributed by atoms with van der Waals surface area (Å²) in [5.41, 5.74) is 0. The minimum atomic E-state index is -0.715. The molecule has 3 heterocycles. The van der Waals surface area contributed by atoms with Gasteiger partial charge in [0.25, 0.3) is 0 Å². The van der Waals surface area contributed by atoms with Crippen molar-refractivity contribution in [1.82, 2.24) is 24.6 Å². The molecule has 0 saturated carbocycles. The Labute approximate surface area is 157 Å². The van der Waals surface area contributed by atoms with Crippen LogP contribution in [0, 0.1) is 5.92 Å². The zero-order valence-corrected chi connectivity index (χ0v) is 16.1. The van der Waals surface area contributed by atoms with Crippen molar-refractivity contribution in [2.24, 2.45) is 13.0 Å². The van der Waals surface area contributed by atoms with Crippen LogP contribution in [0.15, 0.2) is 33.1 Å². The van der Waals surface area contributed by atoms with Crippen LogP contribution in [-0.2, 0) is 18.4 Å². The van der Waals surface area contributed by atoms with Crippen LogP contribution in [0.2, 0.25) is 0 Å². The molecule has 1 saturated heterocycles. The number of likely N-dealkylation sites (N-methyl/N-ethyl adjacent to an activating group) is 1. The van der Waals surface area contributed by atoms with E-state index in [0.29, 0.717) is 25.6 Å². The number of nitrogens with zero attached hydrogens (tertiary/aromatic N) is 5. The van der Waals surface area contributed by atoms with Crippen LogP contribution in [0.25, 0.3) is 0 Å². The first-order valence-electron chi connectivity index (χ1n) is 8.64. The summed E-state index contributed by atoms with van der Waals surface area (Å²) in [7, 11) is 5.98. The summed E-state index contributed by atoms with van der Waals surface area (Å²) in [4.78, 5) is 15.9. The van der Waals surface area contributed by atoms with Crippen molar-refractivity contribution in [2.75, 3.05) is 27.2 Å². The number of likely N-dealkylation sites (tertiary alicyclic amines) is 1. The second kappa shape index (κ2) is 8.24. The Bertz CT molecular complexity index is 744. The minimum absolute atomic E-state index is 0.331. The van der Waals surface area contributed by atoms with Crippen molar-refractivity contribution < 1.29 is 14.3 Å². The average molecular weight is 379 g/mol. The molecule has 1 N–H and O–H groups in total. The molecule has 9 heteroatoms. The molecule has 0 radical (unpaired) electrons. The molecule has 8 nitrogen and oxygen atoms in total. The van der Waals surface area contributed by atoms with E-state index < -0.39 is 5.97 Å². The predicted octanol–water partition coefficient (Wildman–Crippen LogP) is 1.79. The van der Waals surface area contributed by atoms with Crippen molar-refractivity contribution in [2.45, 2.75) is 35.7 Å². The first kappa shape index (κ1) is 18.9. The standard InChI is InChI=1S/C17H25N5O3S/c1-20(2)13-5-4-12(16(23)24)8-22(9-13)10-14-6-7-15(25-14)26-17-19-18-11-21(17)3/h6-7,11-13H,4-5,8-10H2,1-3H3,(H,23,24)/t12-,13+/m0/s1. The maximum absolute atomic E-state index is 11.5. The molecule has 3 rings (SSSR count). The molecule has 1 aliphatic heterocycles. The summed E-state index contributed by atoms with van der Waals surface area (Å²) in [5, 5.41) is 18.9. The fourth-order valence-electron chi connectivity index (χ4n) is 3.19. The second-order valence-electron chi connectivity index (χ2n) is 6.97. The summed E-state index contributed by atoms with van der Waals surface area (Å²) in [6.45, 7) is 1.99. The smallest absolute Gasteiger partial charge is 0.307 e. The van der Waals surface area contributed by atoms with Gasteiger partial charge in [-0.05, 0) is 50.8 Å². The molecule has 2 aromatic heterocycles. The molecule has 0 spiro atoms. The summed E-state index contributed by atoms with van der Waals surface area (Å²) < 4.78 is 7.76. The highest BCUT2D eigenvalue weighted by Crippen LogP contribution is 2.28. The number of rotatable bonds is 6. The van der Waals surface area contributed by atoms with Gasteiger partial charge in [0.05, 0.1) is 12.5 Å². The van der Waals surface area contributed by atoms with Gasteiger partial charge in [0.15, 0.2) is 10.2 Å². The highest BCUT2D eigenvalue weighted by atomic mass is 32.2. The molecule has 1 aliphatic rings. The third-order valence-corrected chi connectivity index (χ3v) is 5.73. The van der Waals surface area contributed by atoms with Gasteiger partial charge in [0.2, 0.25) is 0 Å². The van der Waals surface area contributed by atoms with Crippen molar-refractivity contribution in [1.29, 1.82) is 0 Å². The maximum Gasteiger partial charge on any atom is 0.307 e. The van der Waals surface area contributed by atoms with Gasteiger partial charge in [-0.15, -0.1) is 10.2 Å². The third-order valence-electron chi connectivity index (χ3n) is 4.75.